The van der Waals surface area contributed by atoms with Crippen molar-refractivity contribution in [2.24, 2.45) is 0 Å². The molecule has 3 aromatic rings. The van der Waals surface area contributed by atoms with Crippen LogP contribution in [0.25, 0.3) is 0 Å². The highest BCUT2D eigenvalue weighted by molar-refractivity contribution is 6.33. The molecule has 1 unspecified atom stereocenters. The van der Waals surface area contributed by atoms with Gasteiger partial charge in [0.05, 0.1) is 33.6 Å². The van der Waals surface area contributed by atoms with Gasteiger partial charge < -0.3 is 10.4 Å². The minimum absolute atomic E-state index is 0.0195. The van der Waals surface area contributed by atoms with Crippen LogP contribution in [0.4, 0.5) is 11.4 Å². The second-order valence-electron chi connectivity index (χ2n) is 7.29. The van der Waals surface area contributed by atoms with Crippen LogP contribution in [0.1, 0.15) is 21.5 Å². The molecule has 3 rings (SSSR count). The van der Waals surface area contributed by atoms with Crippen LogP contribution in [0.5, 0.6) is 0 Å². The third kappa shape index (κ3) is 6.22. The number of hydrogen-bond donors (Lipinski definition) is 3. The number of carboxylic acids is 1. The molecule has 3 N–H and O–H groups in total. The SMILES string of the molecule is N#Cc1ccc(Cl)c(NN(C(=O)C=O)C(Cc2ccccc2)C(=O)Nc2ccccc2C(=O)O)c1. The molecule has 0 radical (unpaired) electrons. The van der Waals surface area contributed by atoms with Crippen LogP contribution in [-0.4, -0.2) is 40.2 Å². The van der Waals surface area contributed by atoms with Crippen LogP contribution in [0.2, 0.25) is 5.02 Å². The van der Waals surface area contributed by atoms with Crippen molar-refractivity contribution in [1.29, 1.82) is 5.26 Å². The first kappa shape index (κ1) is 25.0. The highest BCUT2D eigenvalue weighted by atomic mass is 35.5. The average Bonchev–Trinajstić information content (AvgIpc) is 2.87. The lowest BCUT2D eigenvalue weighted by Gasteiger charge is -2.31. The Balaban J connectivity index is 2.03. The van der Waals surface area contributed by atoms with Gasteiger partial charge in [0.2, 0.25) is 12.2 Å². The number of carbonyl (C=O) groups excluding carboxylic acids is 3. The molecule has 0 saturated heterocycles. The smallest absolute Gasteiger partial charge is 0.337 e. The van der Waals surface area contributed by atoms with E-state index in [0.29, 0.717) is 5.56 Å². The van der Waals surface area contributed by atoms with Crippen LogP contribution in [-0.2, 0) is 20.8 Å². The summed E-state index contributed by atoms with van der Waals surface area (Å²) in [5.74, 6) is -3.08. The molecule has 1 atom stereocenters. The number of aromatic carboxylic acids is 1. The normalized spacial score (nSPS) is 11.0. The maximum atomic E-state index is 13.4. The predicted octanol–water partition coefficient (Wildman–Crippen LogP) is 3.51. The third-order valence-electron chi connectivity index (χ3n) is 4.98. The molecular weight excluding hydrogens is 472 g/mol. The fraction of sp³-hybridized carbons (Fsp3) is 0.0800. The van der Waals surface area contributed by atoms with Gasteiger partial charge in [-0.05, 0) is 35.9 Å². The molecule has 0 spiro atoms. The van der Waals surface area contributed by atoms with Crippen molar-refractivity contribution in [1.82, 2.24) is 5.01 Å². The Bertz CT molecular complexity index is 1310. The Hall–Kier alpha value is -4.68. The molecule has 2 amide bonds. The van der Waals surface area contributed by atoms with E-state index in [0.717, 1.165) is 5.01 Å². The highest BCUT2D eigenvalue weighted by Gasteiger charge is 2.32. The first-order valence-corrected chi connectivity index (χ1v) is 10.6. The van der Waals surface area contributed by atoms with E-state index in [1.54, 1.807) is 36.4 Å². The van der Waals surface area contributed by atoms with Crippen molar-refractivity contribution in [3.63, 3.8) is 0 Å². The van der Waals surface area contributed by atoms with Crippen molar-refractivity contribution in [3.8, 4) is 6.07 Å². The minimum Gasteiger partial charge on any atom is -0.478 e. The van der Waals surface area contributed by atoms with Gasteiger partial charge in [0.25, 0.3) is 0 Å². The van der Waals surface area contributed by atoms with Crippen LogP contribution in [0, 0.1) is 11.3 Å². The van der Waals surface area contributed by atoms with Gasteiger partial charge in [0.15, 0.2) is 0 Å². The molecule has 3 aromatic carbocycles. The summed E-state index contributed by atoms with van der Waals surface area (Å²) in [7, 11) is 0. The number of nitrogens with zero attached hydrogens (tertiary/aromatic N) is 2. The van der Waals surface area contributed by atoms with E-state index in [2.05, 4.69) is 10.7 Å². The van der Waals surface area contributed by atoms with Crippen molar-refractivity contribution in [2.45, 2.75) is 12.5 Å². The number of amides is 2. The van der Waals surface area contributed by atoms with E-state index in [1.807, 2.05) is 6.07 Å². The number of nitriles is 1. The van der Waals surface area contributed by atoms with Gasteiger partial charge in [-0.3, -0.25) is 19.8 Å². The molecule has 9 nitrogen and oxygen atoms in total. The van der Waals surface area contributed by atoms with Crippen molar-refractivity contribution in [3.05, 3.63) is 94.5 Å². The van der Waals surface area contributed by atoms with E-state index < -0.39 is 23.8 Å². The van der Waals surface area contributed by atoms with E-state index >= 15 is 0 Å². The molecular formula is C25H19ClN4O5. The standard InChI is InChI=1S/C25H19ClN4O5/c26-19-11-10-17(14-27)12-21(19)29-30(23(32)15-31)22(13-16-6-2-1-3-7-16)24(33)28-20-9-5-4-8-18(20)25(34)35/h1-12,15,22,29H,13H2,(H,28,33)(H,34,35). The quantitative estimate of drug-likeness (QED) is 0.237. The molecule has 0 aromatic heterocycles. The molecule has 0 aliphatic heterocycles. The van der Waals surface area contributed by atoms with Gasteiger partial charge in [-0.1, -0.05) is 54.1 Å². The van der Waals surface area contributed by atoms with Crippen LogP contribution in [0.15, 0.2) is 72.8 Å². The number of para-hydroxylation sites is 1. The largest absolute Gasteiger partial charge is 0.478 e. The Morgan fingerprint density at radius 2 is 1.71 bits per heavy atom. The van der Waals surface area contributed by atoms with Gasteiger partial charge in [-0.25, -0.2) is 9.80 Å². The molecule has 0 bridgehead atoms. The Morgan fingerprint density at radius 1 is 1.03 bits per heavy atom. The lowest BCUT2D eigenvalue weighted by molar-refractivity contribution is -0.141. The fourth-order valence-corrected chi connectivity index (χ4v) is 3.45. The monoisotopic (exact) mass is 490 g/mol. The molecule has 0 aliphatic rings. The second-order valence-corrected chi connectivity index (χ2v) is 7.70. The summed E-state index contributed by atoms with van der Waals surface area (Å²) in [5, 5.41) is 22.1. The summed E-state index contributed by atoms with van der Waals surface area (Å²) >= 11 is 6.21. The van der Waals surface area contributed by atoms with E-state index in [-0.39, 0.29) is 40.2 Å². The van der Waals surface area contributed by atoms with Crippen molar-refractivity contribution >= 4 is 47.0 Å². The highest BCUT2D eigenvalue weighted by Crippen LogP contribution is 2.25. The zero-order chi connectivity index (χ0) is 25.4. The number of rotatable bonds is 9. The van der Waals surface area contributed by atoms with E-state index in [4.69, 9.17) is 11.6 Å². The first-order valence-electron chi connectivity index (χ1n) is 10.3. The van der Waals surface area contributed by atoms with Crippen LogP contribution in [0.3, 0.4) is 0 Å². The molecule has 35 heavy (non-hydrogen) atoms. The molecule has 0 fully saturated rings. The van der Waals surface area contributed by atoms with Crippen molar-refractivity contribution < 1.29 is 24.3 Å². The summed E-state index contributed by atoms with van der Waals surface area (Å²) in [6.45, 7) is 0. The maximum Gasteiger partial charge on any atom is 0.337 e. The zero-order valence-corrected chi connectivity index (χ0v) is 18.9. The number of aldehydes is 1. The number of halogens is 1. The number of benzene rings is 3. The van der Waals surface area contributed by atoms with Gasteiger partial charge >= 0.3 is 11.9 Å². The zero-order valence-electron chi connectivity index (χ0n) is 18.1. The van der Waals surface area contributed by atoms with Crippen LogP contribution >= 0.6 is 11.6 Å². The van der Waals surface area contributed by atoms with Gasteiger partial charge in [0.1, 0.15) is 6.04 Å². The average molecular weight is 491 g/mol. The van der Waals surface area contributed by atoms with Gasteiger partial charge in [-0.15, -0.1) is 0 Å². The van der Waals surface area contributed by atoms with E-state index in [1.165, 1.54) is 36.4 Å². The number of hydrogen-bond acceptors (Lipinski definition) is 6. The Kier molecular flexibility index (Phi) is 8.16. The predicted molar refractivity (Wildman–Crippen MR) is 129 cm³/mol. The summed E-state index contributed by atoms with van der Waals surface area (Å²) in [6, 6.07) is 19.4. The molecule has 10 heteroatoms. The Labute approximate surface area is 205 Å². The van der Waals surface area contributed by atoms with E-state index in [9.17, 15) is 29.5 Å². The Morgan fingerprint density at radius 3 is 2.37 bits per heavy atom. The maximum absolute atomic E-state index is 13.4. The number of nitrogens with one attached hydrogen (secondary N) is 2. The number of carboxylic acid groups (broad SMARTS) is 1. The molecule has 0 saturated carbocycles. The lowest BCUT2D eigenvalue weighted by atomic mass is 10.0. The third-order valence-corrected chi connectivity index (χ3v) is 5.31. The topological polar surface area (TPSA) is 140 Å². The second kappa shape index (κ2) is 11.4. The molecule has 0 heterocycles. The number of hydrazine groups is 1. The molecule has 0 aliphatic carbocycles. The minimum atomic E-state index is -1.31. The summed E-state index contributed by atoms with van der Waals surface area (Å²) in [6.07, 6.45) is 0.00949. The lowest BCUT2D eigenvalue weighted by Crippen LogP contribution is -2.52. The van der Waals surface area contributed by atoms with Crippen LogP contribution < -0.4 is 10.7 Å². The number of anilines is 2. The van der Waals surface area contributed by atoms with Gasteiger partial charge in [0, 0.05) is 6.42 Å². The first-order chi connectivity index (χ1) is 16.8. The summed E-state index contributed by atoms with van der Waals surface area (Å²) in [5.41, 5.74) is 3.58. The number of carbonyl (C=O) groups is 4. The summed E-state index contributed by atoms with van der Waals surface area (Å²) in [4.78, 5) is 49.1. The van der Waals surface area contributed by atoms with Crippen molar-refractivity contribution in [2.75, 3.05) is 10.7 Å². The van der Waals surface area contributed by atoms with Gasteiger partial charge in [-0.2, -0.15) is 5.26 Å². The summed E-state index contributed by atoms with van der Waals surface area (Å²) < 4.78 is 0. The fourth-order valence-electron chi connectivity index (χ4n) is 3.29. The molecule has 176 valence electrons.